The molecule has 4 amide bonds. The van der Waals surface area contributed by atoms with Crippen molar-refractivity contribution in [2.24, 2.45) is 5.73 Å². The van der Waals surface area contributed by atoms with Crippen molar-refractivity contribution in [2.75, 3.05) is 27.2 Å². The molecular weight excluding hydrogens is 256 g/mol. The second-order valence-corrected chi connectivity index (χ2v) is 4.12. The number of amides is 4. The minimum absolute atomic E-state index is 0.359. The van der Waals surface area contributed by atoms with E-state index in [-0.39, 0.29) is 5.91 Å². The molecule has 0 fully saturated rings. The summed E-state index contributed by atoms with van der Waals surface area (Å²) in [6.07, 6.45) is 0. The fourth-order valence-electron chi connectivity index (χ4n) is 1.28. The van der Waals surface area contributed by atoms with Crippen molar-refractivity contribution in [1.29, 1.82) is 0 Å². The number of likely N-dealkylation sites (N-methyl/N-ethyl adjacent to an activating group) is 1. The van der Waals surface area contributed by atoms with Crippen molar-refractivity contribution in [2.45, 2.75) is 13.0 Å². The molecule has 9 heteroatoms. The van der Waals surface area contributed by atoms with Crippen LogP contribution in [-0.2, 0) is 14.4 Å². The summed E-state index contributed by atoms with van der Waals surface area (Å²) in [5.74, 6) is -2.49. The molecule has 1 unspecified atom stereocenters. The molecule has 0 aromatic rings. The highest BCUT2D eigenvalue weighted by Gasteiger charge is 2.23. The first-order valence-electron chi connectivity index (χ1n) is 5.41. The lowest BCUT2D eigenvalue weighted by Gasteiger charge is -2.23. The predicted molar refractivity (Wildman–Crippen MR) is 65.1 cm³/mol. The third-order valence-electron chi connectivity index (χ3n) is 2.11. The lowest BCUT2D eigenvalue weighted by molar-refractivity contribution is -0.137. The Morgan fingerprint density at radius 3 is 2.11 bits per heavy atom. The lowest BCUT2D eigenvalue weighted by atomic mass is 10.3. The van der Waals surface area contributed by atoms with Crippen LogP contribution < -0.4 is 11.1 Å². The SMILES string of the molecule is CC(NC(=O)N(CC(N)=O)CC(=O)O)C(=O)N(C)C. The van der Waals surface area contributed by atoms with Crippen molar-refractivity contribution in [3.8, 4) is 0 Å². The molecule has 0 aromatic heterocycles. The molecule has 9 nitrogen and oxygen atoms in total. The van der Waals surface area contributed by atoms with Gasteiger partial charge in [-0.25, -0.2) is 4.79 Å². The third-order valence-corrected chi connectivity index (χ3v) is 2.11. The Morgan fingerprint density at radius 2 is 1.74 bits per heavy atom. The fraction of sp³-hybridized carbons (Fsp3) is 0.600. The number of primary amides is 1. The number of carboxylic acid groups (broad SMARTS) is 1. The van der Waals surface area contributed by atoms with Crippen LogP contribution >= 0.6 is 0 Å². The topological polar surface area (TPSA) is 133 Å². The summed E-state index contributed by atoms with van der Waals surface area (Å²) < 4.78 is 0. The number of nitrogens with two attached hydrogens (primary N) is 1. The van der Waals surface area contributed by atoms with Gasteiger partial charge >= 0.3 is 12.0 Å². The number of carbonyl (C=O) groups excluding carboxylic acids is 3. The van der Waals surface area contributed by atoms with Crippen LogP contribution in [0.4, 0.5) is 4.79 Å². The van der Waals surface area contributed by atoms with E-state index in [9.17, 15) is 19.2 Å². The maximum Gasteiger partial charge on any atom is 0.323 e. The molecule has 0 radical (unpaired) electrons. The molecule has 0 saturated carbocycles. The van der Waals surface area contributed by atoms with Gasteiger partial charge in [-0.05, 0) is 6.92 Å². The number of nitrogens with zero attached hydrogens (tertiary/aromatic N) is 2. The Balaban J connectivity index is 4.67. The van der Waals surface area contributed by atoms with E-state index >= 15 is 0 Å². The number of carboxylic acids is 1. The molecule has 108 valence electrons. The summed E-state index contributed by atoms with van der Waals surface area (Å²) in [6, 6.07) is -1.68. The number of aliphatic carboxylic acids is 1. The van der Waals surface area contributed by atoms with E-state index < -0.39 is 37.0 Å². The zero-order valence-electron chi connectivity index (χ0n) is 11.0. The molecule has 0 aromatic carbocycles. The highest BCUT2D eigenvalue weighted by atomic mass is 16.4. The smallest absolute Gasteiger partial charge is 0.323 e. The summed E-state index contributed by atoms with van der Waals surface area (Å²) >= 11 is 0. The minimum atomic E-state index is -1.29. The van der Waals surface area contributed by atoms with Gasteiger partial charge in [0.25, 0.3) is 0 Å². The zero-order chi connectivity index (χ0) is 15.2. The number of urea groups is 1. The van der Waals surface area contributed by atoms with Gasteiger partial charge in [0.05, 0.1) is 0 Å². The van der Waals surface area contributed by atoms with Gasteiger partial charge in [-0.3, -0.25) is 14.4 Å². The number of hydrogen-bond donors (Lipinski definition) is 3. The van der Waals surface area contributed by atoms with Crippen LogP contribution in [0, 0.1) is 0 Å². The number of carbonyl (C=O) groups is 4. The second-order valence-electron chi connectivity index (χ2n) is 4.12. The quantitative estimate of drug-likeness (QED) is 0.517. The Labute approximate surface area is 110 Å². The van der Waals surface area contributed by atoms with Gasteiger partial charge in [0.1, 0.15) is 19.1 Å². The molecule has 0 heterocycles. The molecule has 4 N–H and O–H groups in total. The molecule has 0 aliphatic heterocycles. The molecule has 0 rings (SSSR count). The highest BCUT2D eigenvalue weighted by molar-refractivity contribution is 5.89. The Morgan fingerprint density at radius 1 is 1.21 bits per heavy atom. The van der Waals surface area contributed by atoms with Crippen LogP contribution in [0.1, 0.15) is 6.92 Å². The van der Waals surface area contributed by atoms with Crippen molar-refractivity contribution >= 4 is 23.8 Å². The molecule has 19 heavy (non-hydrogen) atoms. The van der Waals surface area contributed by atoms with E-state index in [0.29, 0.717) is 4.90 Å². The summed E-state index contributed by atoms with van der Waals surface area (Å²) in [5.41, 5.74) is 4.92. The van der Waals surface area contributed by atoms with Crippen LogP contribution in [-0.4, -0.2) is 71.9 Å². The zero-order valence-corrected chi connectivity index (χ0v) is 11.0. The Bertz CT molecular complexity index is 366. The minimum Gasteiger partial charge on any atom is -0.480 e. The summed E-state index contributed by atoms with van der Waals surface area (Å²) in [6.45, 7) is 0.224. The second kappa shape index (κ2) is 7.19. The van der Waals surface area contributed by atoms with Crippen molar-refractivity contribution in [1.82, 2.24) is 15.1 Å². The van der Waals surface area contributed by atoms with Crippen LogP contribution in [0.3, 0.4) is 0 Å². The van der Waals surface area contributed by atoms with Gasteiger partial charge in [-0.15, -0.1) is 0 Å². The van der Waals surface area contributed by atoms with Gasteiger partial charge in [-0.1, -0.05) is 0 Å². The lowest BCUT2D eigenvalue weighted by Crippen LogP contribution is -2.52. The normalized spacial score (nSPS) is 11.3. The molecule has 0 aliphatic rings. The molecule has 0 aliphatic carbocycles. The van der Waals surface area contributed by atoms with Crippen molar-refractivity contribution in [3.63, 3.8) is 0 Å². The molecule has 1 atom stereocenters. The molecule has 0 bridgehead atoms. The van der Waals surface area contributed by atoms with E-state index in [2.05, 4.69) is 5.32 Å². The summed E-state index contributed by atoms with van der Waals surface area (Å²) in [7, 11) is 3.03. The maximum absolute atomic E-state index is 11.7. The van der Waals surface area contributed by atoms with Crippen LogP contribution in [0.15, 0.2) is 0 Å². The first kappa shape index (κ1) is 16.7. The molecular formula is C10H18N4O5. The largest absolute Gasteiger partial charge is 0.480 e. The summed E-state index contributed by atoms with van der Waals surface area (Å²) in [5, 5.41) is 10.9. The van der Waals surface area contributed by atoms with Crippen LogP contribution in [0.2, 0.25) is 0 Å². The van der Waals surface area contributed by atoms with Gasteiger partial charge in [0.15, 0.2) is 0 Å². The first-order valence-corrected chi connectivity index (χ1v) is 5.41. The maximum atomic E-state index is 11.7. The number of nitrogens with one attached hydrogen (secondary N) is 1. The van der Waals surface area contributed by atoms with Crippen molar-refractivity contribution < 1.29 is 24.3 Å². The molecule has 0 saturated heterocycles. The highest BCUT2D eigenvalue weighted by Crippen LogP contribution is 1.94. The van der Waals surface area contributed by atoms with E-state index in [1.165, 1.54) is 25.9 Å². The van der Waals surface area contributed by atoms with Crippen LogP contribution in [0.5, 0.6) is 0 Å². The predicted octanol–water partition coefficient (Wildman–Crippen LogP) is -1.96. The van der Waals surface area contributed by atoms with Crippen LogP contribution in [0.25, 0.3) is 0 Å². The van der Waals surface area contributed by atoms with Gasteiger partial charge in [0, 0.05) is 14.1 Å². The van der Waals surface area contributed by atoms with E-state index in [1.54, 1.807) is 0 Å². The van der Waals surface area contributed by atoms with E-state index in [0.717, 1.165) is 0 Å². The van der Waals surface area contributed by atoms with Gasteiger partial charge in [0.2, 0.25) is 11.8 Å². The Kier molecular flexibility index (Phi) is 6.31. The third kappa shape index (κ3) is 6.24. The summed E-state index contributed by atoms with van der Waals surface area (Å²) in [4.78, 5) is 46.6. The van der Waals surface area contributed by atoms with Crippen molar-refractivity contribution in [3.05, 3.63) is 0 Å². The van der Waals surface area contributed by atoms with E-state index in [1.807, 2.05) is 0 Å². The first-order chi connectivity index (χ1) is 8.65. The Hall–Kier alpha value is -2.32. The standard InChI is InChI=1S/C10H18N4O5/c1-6(9(18)13(2)3)12-10(19)14(4-7(11)15)5-8(16)17/h6H,4-5H2,1-3H3,(H2,11,15)(H,12,19)(H,16,17). The fourth-order valence-corrected chi connectivity index (χ4v) is 1.28. The van der Waals surface area contributed by atoms with E-state index in [4.69, 9.17) is 10.8 Å². The number of rotatable bonds is 6. The molecule has 0 spiro atoms. The monoisotopic (exact) mass is 274 g/mol. The average Bonchev–Trinajstić information content (AvgIpc) is 2.25. The van der Waals surface area contributed by atoms with Gasteiger partial charge in [-0.2, -0.15) is 0 Å². The van der Waals surface area contributed by atoms with Gasteiger partial charge < -0.3 is 26.0 Å². The average molecular weight is 274 g/mol. The number of hydrogen-bond acceptors (Lipinski definition) is 4.